The molecule has 17 aromatic rings. The van der Waals surface area contributed by atoms with Crippen molar-refractivity contribution < 1.29 is 8.83 Å². The lowest BCUT2D eigenvalue weighted by Gasteiger charge is -2.25. The Labute approximate surface area is 484 Å². The van der Waals surface area contributed by atoms with E-state index in [1.165, 1.54) is 162 Å². The van der Waals surface area contributed by atoms with Crippen molar-refractivity contribution >= 4 is 154 Å². The first-order chi connectivity index (χ1) is 41.7. The Kier molecular flexibility index (Phi) is 9.95. The quantitative estimate of drug-likeness (QED) is 0.152. The summed E-state index contributed by atoms with van der Waals surface area (Å²) >= 11 is 0. The molecule has 0 spiro atoms. The van der Waals surface area contributed by atoms with Crippen molar-refractivity contribution in [3.8, 4) is 0 Å². The van der Waals surface area contributed by atoms with Gasteiger partial charge >= 0.3 is 0 Å². The number of hydrogen-bond donors (Lipinski definition) is 0. The van der Waals surface area contributed by atoms with Gasteiger partial charge < -0.3 is 27.4 Å². The smallest absolute Gasteiger partial charge is 0.159 e. The summed E-state index contributed by atoms with van der Waals surface area (Å²) in [5, 5.41) is 14.7. The summed E-state index contributed by atoms with van der Waals surface area (Å²) in [7, 11) is 0. The molecular weight excluding hydrogens is 1020 g/mol. The largest absolute Gasteiger partial charge is 0.454 e. The molecule has 2 aliphatic rings. The van der Waals surface area contributed by atoms with Crippen LogP contribution >= 0.6 is 0 Å². The second-order valence-corrected chi connectivity index (χ2v) is 24.3. The number of nitrogens with zero attached hydrogens (tertiary/aromatic N) is 4. The molecule has 402 valence electrons. The van der Waals surface area contributed by atoms with Crippen LogP contribution in [-0.2, 0) is 0 Å². The van der Waals surface area contributed by atoms with Crippen molar-refractivity contribution in [2.75, 3.05) is 9.80 Å². The third-order valence-corrected chi connectivity index (χ3v) is 19.9. The molecule has 0 bridgehead atoms. The second kappa shape index (κ2) is 17.9. The average molecular weight is 1080 g/mol. The van der Waals surface area contributed by atoms with Gasteiger partial charge in [0, 0.05) is 87.4 Å². The summed E-state index contributed by atoms with van der Waals surface area (Å²) in [4.78, 5) is 4.80. The molecule has 2 saturated carbocycles. The highest BCUT2D eigenvalue weighted by atomic mass is 16.3. The molecule has 0 radical (unpaired) electrons. The number of rotatable bonds is 8. The van der Waals surface area contributed by atoms with Gasteiger partial charge in [0.2, 0.25) is 0 Å². The summed E-state index contributed by atoms with van der Waals surface area (Å²) < 4.78 is 19.4. The zero-order valence-electron chi connectivity index (χ0n) is 46.6. The predicted octanol–water partition coefficient (Wildman–Crippen LogP) is 22.8. The van der Waals surface area contributed by atoms with Crippen LogP contribution in [0.3, 0.4) is 0 Å². The number of furan rings is 2. The molecule has 84 heavy (non-hydrogen) atoms. The van der Waals surface area contributed by atoms with E-state index in [-0.39, 0.29) is 0 Å². The lowest BCUT2D eigenvalue weighted by molar-refractivity contribution is 0.442. The van der Waals surface area contributed by atoms with E-state index in [0.29, 0.717) is 11.8 Å². The number of hydrogen-bond acceptors (Lipinski definition) is 4. The fourth-order valence-electron chi connectivity index (χ4n) is 16.2. The van der Waals surface area contributed by atoms with Gasteiger partial charge in [0.15, 0.2) is 11.2 Å². The standard InChI is InChI=1S/C78H58N4O2/c1-5-19-47(20-6-1)53-27-13-33-59-61-35-17-37-69(77(61)83-75(53)59)79(49-23-9-3-10-24-49)51-39-41-67-63(43-51)55-29-15-31-57-65-46-72-66(45-71(65)81(67)73(55)57)58-32-16-30-56-64-44-52(40-42-68(64)82(72)74(56)58)80(50-25-11-4-12-26-50)70-38-18-36-62-60-34-14-28-54(76(60)84-78(62)70)48-21-7-2-8-22-48/h3-4,9-18,23-48H,1-2,5-8,19-22H2. The van der Waals surface area contributed by atoms with Crippen LogP contribution in [0.4, 0.5) is 34.1 Å². The van der Waals surface area contributed by atoms with Gasteiger partial charge in [-0.2, -0.15) is 0 Å². The minimum Gasteiger partial charge on any atom is -0.454 e. The SMILES string of the molecule is c1ccc(N(c2ccc3c(c2)c2cccc4c5cc6c(cc5n3c24)c2cccc3c4cc(N(c5ccccc5)c5cccc7c5oc5c(C8CCCCC8)cccc57)ccc4n6c32)c2cccc3c2oc2c(C4CCCCC4)cccc23)cc1. The molecule has 0 unspecified atom stereocenters. The van der Waals surface area contributed by atoms with Crippen molar-refractivity contribution in [3.63, 3.8) is 0 Å². The van der Waals surface area contributed by atoms with Crippen LogP contribution in [0.5, 0.6) is 0 Å². The van der Waals surface area contributed by atoms with Crippen LogP contribution in [-0.4, -0.2) is 8.80 Å². The van der Waals surface area contributed by atoms with E-state index in [1.807, 2.05) is 0 Å². The maximum atomic E-state index is 7.15. The molecule has 0 N–H and O–H groups in total. The Hall–Kier alpha value is -9.78. The molecule has 6 aromatic heterocycles. The van der Waals surface area contributed by atoms with E-state index in [9.17, 15) is 0 Å². The Morgan fingerprint density at radius 3 is 1.05 bits per heavy atom. The molecule has 11 aromatic carbocycles. The van der Waals surface area contributed by atoms with Crippen molar-refractivity contribution in [3.05, 3.63) is 230 Å². The van der Waals surface area contributed by atoms with Crippen molar-refractivity contribution in [2.24, 2.45) is 0 Å². The highest BCUT2D eigenvalue weighted by Crippen LogP contribution is 2.51. The van der Waals surface area contributed by atoms with Crippen molar-refractivity contribution in [1.29, 1.82) is 0 Å². The van der Waals surface area contributed by atoms with Crippen LogP contribution in [0.15, 0.2) is 227 Å². The van der Waals surface area contributed by atoms with Gasteiger partial charge in [-0.25, -0.2) is 0 Å². The topological polar surface area (TPSA) is 41.6 Å². The Bertz CT molecular complexity index is 5140. The Balaban J connectivity index is 0.767. The number of fused-ring (bicyclic) bond motifs is 18. The summed E-state index contributed by atoms with van der Waals surface area (Å²) in [6.07, 6.45) is 12.7. The van der Waals surface area contributed by atoms with E-state index in [2.05, 4.69) is 237 Å². The van der Waals surface area contributed by atoms with Gasteiger partial charge in [0.05, 0.1) is 44.5 Å². The van der Waals surface area contributed by atoms with Gasteiger partial charge in [-0.05, 0) is 134 Å². The molecule has 19 rings (SSSR count). The number of benzene rings is 11. The van der Waals surface area contributed by atoms with E-state index < -0.39 is 0 Å². The minimum absolute atomic E-state index is 0.536. The van der Waals surface area contributed by atoms with Crippen molar-refractivity contribution in [2.45, 2.75) is 76.0 Å². The van der Waals surface area contributed by atoms with Crippen LogP contribution < -0.4 is 9.80 Å². The van der Waals surface area contributed by atoms with E-state index in [4.69, 9.17) is 8.83 Å². The highest BCUT2D eigenvalue weighted by Gasteiger charge is 2.29. The Morgan fingerprint density at radius 1 is 0.274 bits per heavy atom. The number of anilines is 6. The second-order valence-electron chi connectivity index (χ2n) is 24.3. The first-order valence-corrected chi connectivity index (χ1v) is 30.6. The van der Waals surface area contributed by atoms with Gasteiger partial charge in [-0.1, -0.05) is 172 Å². The first-order valence-electron chi connectivity index (χ1n) is 30.6. The maximum Gasteiger partial charge on any atom is 0.159 e. The van der Waals surface area contributed by atoms with Gasteiger partial charge in [0.1, 0.15) is 11.2 Å². The third-order valence-electron chi connectivity index (χ3n) is 19.9. The number of para-hydroxylation sites is 8. The molecule has 2 fully saturated rings. The van der Waals surface area contributed by atoms with Crippen LogP contribution in [0.25, 0.3) is 120 Å². The lowest BCUT2D eigenvalue weighted by Crippen LogP contribution is -2.10. The molecule has 0 atom stereocenters. The zero-order chi connectivity index (χ0) is 54.7. The van der Waals surface area contributed by atoms with Gasteiger partial charge in [-0.3, -0.25) is 0 Å². The van der Waals surface area contributed by atoms with Gasteiger partial charge in [0.25, 0.3) is 0 Å². The average Bonchev–Trinajstić information content (AvgIpc) is 1.69. The summed E-state index contributed by atoms with van der Waals surface area (Å²) in [5.74, 6) is 1.07. The molecular formula is C78H58N4O2. The first kappa shape index (κ1) is 46.8. The van der Waals surface area contributed by atoms with Crippen LogP contribution in [0, 0.1) is 0 Å². The summed E-state index contributed by atoms with van der Waals surface area (Å²) in [6, 6.07) is 81.5. The van der Waals surface area contributed by atoms with Crippen LogP contribution in [0.1, 0.15) is 87.2 Å². The molecule has 6 nitrogen and oxygen atoms in total. The number of aromatic nitrogens is 2. The fraction of sp³-hybridized carbons (Fsp3) is 0.154. The van der Waals surface area contributed by atoms with E-state index in [0.717, 1.165) is 67.2 Å². The van der Waals surface area contributed by atoms with Crippen LogP contribution in [0.2, 0.25) is 0 Å². The molecule has 0 aliphatic heterocycles. The molecule has 6 heteroatoms. The monoisotopic (exact) mass is 1080 g/mol. The normalized spacial score (nSPS) is 15.0. The van der Waals surface area contributed by atoms with E-state index >= 15 is 0 Å². The molecule has 2 aliphatic carbocycles. The zero-order valence-corrected chi connectivity index (χ0v) is 46.6. The Morgan fingerprint density at radius 2 is 0.631 bits per heavy atom. The lowest BCUT2D eigenvalue weighted by atomic mass is 9.83. The molecule has 0 saturated heterocycles. The predicted molar refractivity (Wildman–Crippen MR) is 351 cm³/mol. The van der Waals surface area contributed by atoms with E-state index in [1.54, 1.807) is 0 Å². The fourth-order valence-corrected chi connectivity index (χ4v) is 16.2. The maximum absolute atomic E-state index is 7.15. The third kappa shape index (κ3) is 6.56. The summed E-state index contributed by atoms with van der Waals surface area (Å²) in [6.45, 7) is 0. The summed E-state index contributed by atoms with van der Waals surface area (Å²) in [5.41, 5.74) is 20.5. The molecule has 0 amide bonds. The molecule has 6 heterocycles. The minimum atomic E-state index is 0.536. The highest BCUT2D eigenvalue weighted by molar-refractivity contribution is 6.29. The van der Waals surface area contributed by atoms with Crippen molar-refractivity contribution in [1.82, 2.24) is 8.80 Å². The van der Waals surface area contributed by atoms with Gasteiger partial charge in [-0.15, -0.1) is 0 Å².